The zero-order chi connectivity index (χ0) is 22.4. The van der Waals surface area contributed by atoms with Crippen molar-refractivity contribution in [3.63, 3.8) is 0 Å². The first-order valence-electron chi connectivity index (χ1n) is 11.4. The largest absolute Gasteiger partial charge is 0.496 e. The average molecular weight is 418 g/mol. The highest BCUT2D eigenvalue weighted by molar-refractivity contribution is 5.70. The molecule has 1 atom stereocenters. The first-order valence-corrected chi connectivity index (χ1v) is 11.4. The summed E-state index contributed by atoms with van der Waals surface area (Å²) in [5.74, 6) is 2.25. The molecule has 3 aromatic rings. The molecule has 0 spiro atoms. The lowest BCUT2D eigenvalue weighted by Gasteiger charge is -2.18. The number of benzene rings is 2. The number of pyridine rings is 1. The molecule has 0 saturated heterocycles. The van der Waals surface area contributed by atoms with Crippen LogP contribution in [-0.2, 0) is 19.4 Å². The third-order valence-corrected chi connectivity index (χ3v) is 6.21. The van der Waals surface area contributed by atoms with Gasteiger partial charge in [-0.25, -0.2) is 0 Å². The van der Waals surface area contributed by atoms with Crippen molar-refractivity contribution in [2.45, 2.75) is 66.4 Å². The second-order valence-electron chi connectivity index (χ2n) is 8.10. The number of hydrogen-bond acceptors (Lipinski definition) is 3. The van der Waals surface area contributed by atoms with Crippen molar-refractivity contribution in [1.82, 2.24) is 4.98 Å². The van der Waals surface area contributed by atoms with Crippen molar-refractivity contribution in [2.75, 3.05) is 7.11 Å². The SMILES string of the molecule is CCc1cccc(CC)c1-c1cc(OC)c(COc2ccc(C(C)CC)cc2)c(C)n1. The molecule has 0 amide bonds. The molecule has 2 aromatic carbocycles. The van der Waals surface area contributed by atoms with E-state index in [0.717, 1.165) is 47.7 Å². The molecular formula is C28H35NO2. The van der Waals surface area contributed by atoms with Crippen LogP contribution in [0, 0.1) is 6.92 Å². The number of hydrogen-bond donors (Lipinski definition) is 0. The lowest BCUT2D eigenvalue weighted by atomic mass is 9.94. The molecule has 164 valence electrons. The highest BCUT2D eigenvalue weighted by Crippen LogP contribution is 2.33. The first kappa shape index (κ1) is 22.9. The van der Waals surface area contributed by atoms with Crippen LogP contribution >= 0.6 is 0 Å². The maximum Gasteiger partial charge on any atom is 0.129 e. The van der Waals surface area contributed by atoms with Crippen LogP contribution < -0.4 is 9.47 Å². The van der Waals surface area contributed by atoms with Crippen molar-refractivity contribution >= 4 is 0 Å². The van der Waals surface area contributed by atoms with E-state index < -0.39 is 0 Å². The molecule has 3 heteroatoms. The highest BCUT2D eigenvalue weighted by atomic mass is 16.5. The van der Waals surface area contributed by atoms with Gasteiger partial charge in [0.1, 0.15) is 18.1 Å². The van der Waals surface area contributed by atoms with Gasteiger partial charge < -0.3 is 9.47 Å². The third-order valence-electron chi connectivity index (χ3n) is 6.21. The Hall–Kier alpha value is -2.81. The van der Waals surface area contributed by atoms with Crippen molar-refractivity contribution in [3.05, 3.63) is 76.5 Å². The van der Waals surface area contributed by atoms with Crippen LogP contribution in [0.4, 0.5) is 0 Å². The predicted octanol–water partition coefficient (Wildman–Crippen LogP) is 7.28. The quantitative estimate of drug-likeness (QED) is 0.366. The molecule has 0 aliphatic heterocycles. The Bertz CT molecular complexity index is 986. The van der Waals surface area contributed by atoms with Gasteiger partial charge in [0.2, 0.25) is 0 Å². The minimum absolute atomic E-state index is 0.432. The molecule has 3 nitrogen and oxygen atoms in total. The van der Waals surface area contributed by atoms with Gasteiger partial charge in [-0.15, -0.1) is 0 Å². The smallest absolute Gasteiger partial charge is 0.129 e. The molecule has 0 radical (unpaired) electrons. The Morgan fingerprint density at radius 2 is 1.58 bits per heavy atom. The van der Waals surface area contributed by atoms with Crippen LogP contribution in [0.15, 0.2) is 48.5 Å². The number of methoxy groups -OCH3 is 1. The molecule has 0 aliphatic rings. The van der Waals surface area contributed by atoms with Crippen LogP contribution in [0.3, 0.4) is 0 Å². The van der Waals surface area contributed by atoms with Gasteiger partial charge in [-0.2, -0.15) is 0 Å². The Morgan fingerprint density at radius 1 is 0.935 bits per heavy atom. The van der Waals surface area contributed by atoms with E-state index in [-0.39, 0.29) is 0 Å². The molecule has 0 aliphatic carbocycles. The summed E-state index contributed by atoms with van der Waals surface area (Å²) in [7, 11) is 1.72. The minimum atomic E-state index is 0.432. The highest BCUT2D eigenvalue weighted by Gasteiger charge is 2.16. The molecule has 31 heavy (non-hydrogen) atoms. The van der Waals surface area contributed by atoms with Gasteiger partial charge in [-0.1, -0.05) is 58.0 Å². The number of nitrogens with zero attached hydrogens (tertiary/aromatic N) is 1. The van der Waals surface area contributed by atoms with E-state index in [2.05, 4.69) is 76.2 Å². The Morgan fingerprint density at radius 3 is 2.13 bits per heavy atom. The number of ether oxygens (including phenoxy) is 2. The molecule has 0 bridgehead atoms. The third kappa shape index (κ3) is 5.10. The van der Waals surface area contributed by atoms with Gasteiger partial charge in [0.25, 0.3) is 0 Å². The molecule has 1 aromatic heterocycles. The van der Waals surface area contributed by atoms with E-state index in [1.54, 1.807) is 7.11 Å². The fraction of sp³-hybridized carbons (Fsp3) is 0.393. The molecule has 1 heterocycles. The topological polar surface area (TPSA) is 31.4 Å². The monoisotopic (exact) mass is 417 g/mol. The summed E-state index contributed by atoms with van der Waals surface area (Å²) in [4.78, 5) is 4.97. The maximum atomic E-state index is 6.10. The van der Waals surface area contributed by atoms with Gasteiger partial charge in [0.15, 0.2) is 0 Å². The van der Waals surface area contributed by atoms with Crippen LogP contribution in [-0.4, -0.2) is 12.1 Å². The van der Waals surface area contributed by atoms with Crippen molar-refractivity contribution in [1.29, 1.82) is 0 Å². The predicted molar refractivity (Wildman–Crippen MR) is 129 cm³/mol. The normalized spacial score (nSPS) is 11.9. The van der Waals surface area contributed by atoms with E-state index in [0.29, 0.717) is 12.5 Å². The second-order valence-corrected chi connectivity index (χ2v) is 8.10. The first-order chi connectivity index (χ1) is 15.0. The Balaban J connectivity index is 1.89. The van der Waals surface area contributed by atoms with E-state index in [1.165, 1.54) is 22.3 Å². The van der Waals surface area contributed by atoms with Crippen molar-refractivity contribution in [3.8, 4) is 22.8 Å². The van der Waals surface area contributed by atoms with E-state index >= 15 is 0 Å². The van der Waals surface area contributed by atoms with Crippen LogP contribution in [0.5, 0.6) is 11.5 Å². The van der Waals surface area contributed by atoms with Crippen molar-refractivity contribution < 1.29 is 9.47 Å². The molecule has 1 unspecified atom stereocenters. The van der Waals surface area contributed by atoms with Crippen LogP contribution in [0.2, 0.25) is 0 Å². The van der Waals surface area contributed by atoms with Gasteiger partial charge in [0.05, 0.1) is 18.4 Å². The molecule has 0 saturated carbocycles. The molecule has 3 rings (SSSR count). The zero-order valence-corrected chi connectivity index (χ0v) is 19.8. The summed E-state index contributed by atoms with van der Waals surface area (Å²) < 4.78 is 11.9. The zero-order valence-electron chi connectivity index (χ0n) is 19.8. The number of aromatic nitrogens is 1. The number of aryl methyl sites for hydroxylation is 3. The van der Waals surface area contributed by atoms with E-state index in [4.69, 9.17) is 14.5 Å². The van der Waals surface area contributed by atoms with Gasteiger partial charge in [0, 0.05) is 17.3 Å². The fourth-order valence-electron chi connectivity index (χ4n) is 4.01. The lowest BCUT2D eigenvalue weighted by molar-refractivity contribution is 0.295. The Labute approximate surface area is 187 Å². The van der Waals surface area contributed by atoms with Crippen LogP contribution in [0.25, 0.3) is 11.3 Å². The van der Waals surface area contributed by atoms with E-state index in [9.17, 15) is 0 Å². The van der Waals surface area contributed by atoms with Gasteiger partial charge in [-0.05, 0) is 60.9 Å². The number of rotatable bonds is 9. The van der Waals surface area contributed by atoms with Crippen LogP contribution in [0.1, 0.15) is 68.0 Å². The standard InChI is InChI=1S/C28H35NO2/c1-7-19(4)23-13-15-24(16-14-23)31-18-25-20(5)29-26(17-27(25)30-6)28-21(8-2)11-10-12-22(28)9-3/h10-17,19H,7-9,18H2,1-6H3. The second kappa shape index (κ2) is 10.5. The Kier molecular flexibility index (Phi) is 7.73. The summed E-state index contributed by atoms with van der Waals surface area (Å²) in [6.45, 7) is 11.3. The molecule has 0 fully saturated rings. The van der Waals surface area contributed by atoms with Crippen molar-refractivity contribution in [2.24, 2.45) is 0 Å². The summed E-state index contributed by atoms with van der Waals surface area (Å²) in [6, 6.07) is 17.0. The van der Waals surface area contributed by atoms with Gasteiger partial charge >= 0.3 is 0 Å². The van der Waals surface area contributed by atoms with Gasteiger partial charge in [-0.3, -0.25) is 4.98 Å². The summed E-state index contributed by atoms with van der Waals surface area (Å²) >= 11 is 0. The fourth-order valence-corrected chi connectivity index (χ4v) is 4.01. The molecular weight excluding hydrogens is 382 g/mol. The molecule has 0 N–H and O–H groups in total. The minimum Gasteiger partial charge on any atom is -0.496 e. The average Bonchev–Trinajstić information content (AvgIpc) is 2.81. The summed E-state index contributed by atoms with van der Waals surface area (Å²) in [6.07, 6.45) is 3.09. The lowest BCUT2D eigenvalue weighted by Crippen LogP contribution is -2.05. The maximum absolute atomic E-state index is 6.10. The summed E-state index contributed by atoms with van der Waals surface area (Å²) in [5, 5.41) is 0. The van der Waals surface area contributed by atoms with E-state index in [1.807, 2.05) is 6.92 Å². The summed E-state index contributed by atoms with van der Waals surface area (Å²) in [5.41, 5.74) is 8.13.